The fraction of sp³-hybridized carbons (Fsp3) is 0.500. The zero-order chi connectivity index (χ0) is 24.6. The topological polar surface area (TPSA) is 88.2 Å². The van der Waals surface area contributed by atoms with Crippen LogP contribution in [0.25, 0.3) is 10.2 Å². The summed E-state index contributed by atoms with van der Waals surface area (Å²) < 4.78 is 40.2. The first-order valence-electron chi connectivity index (χ1n) is 11.9. The summed E-state index contributed by atoms with van der Waals surface area (Å²) in [5.41, 5.74) is 6.18. The Labute approximate surface area is 205 Å². The lowest BCUT2D eigenvalue weighted by Crippen LogP contribution is -2.46. The Kier molecular flexibility index (Phi) is 6.63. The second-order valence-electron chi connectivity index (χ2n) is 9.15. The van der Waals surface area contributed by atoms with Gasteiger partial charge >= 0.3 is 6.18 Å². The molecule has 35 heavy (non-hydrogen) atoms. The third-order valence-electron chi connectivity index (χ3n) is 6.88. The predicted octanol–water partition coefficient (Wildman–Crippen LogP) is 4.18. The van der Waals surface area contributed by atoms with Crippen LogP contribution >= 0.6 is 11.3 Å². The molecule has 7 nitrogen and oxygen atoms in total. The highest BCUT2D eigenvalue weighted by Crippen LogP contribution is 2.35. The molecule has 0 bridgehead atoms. The minimum Gasteiger partial charge on any atom is -0.371 e. The van der Waals surface area contributed by atoms with Crippen LogP contribution in [0.4, 0.5) is 18.9 Å². The van der Waals surface area contributed by atoms with E-state index in [1.54, 1.807) is 0 Å². The molecule has 2 saturated heterocycles. The van der Waals surface area contributed by atoms with E-state index in [1.165, 1.54) is 43.7 Å². The van der Waals surface area contributed by atoms with E-state index in [1.807, 2.05) is 18.2 Å². The van der Waals surface area contributed by atoms with E-state index in [4.69, 9.17) is 5.73 Å². The zero-order valence-corrected chi connectivity index (χ0v) is 20.0. The summed E-state index contributed by atoms with van der Waals surface area (Å²) in [5.74, 6) is -2.40. The largest absolute Gasteiger partial charge is 0.433 e. The second kappa shape index (κ2) is 9.69. The van der Waals surface area contributed by atoms with Crippen LogP contribution in [0.2, 0.25) is 0 Å². The van der Waals surface area contributed by atoms with Crippen LogP contribution in [-0.2, 0) is 11.0 Å². The minimum atomic E-state index is -4.65. The summed E-state index contributed by atoms with van der Waals surface area (Å²) in [4.78, 5) is 29.2. The molecule has 4 heterocycles. The van der Waals surface area contributed by atoms with Crippen molar-refractivity contribution >= 4 is 33.1 Å². The number of aromatic nitrogens is 3. The predicted molar refractivity (Wildman–Crippen MR) is 128 cm³/mol. The number of carbonyl (C=O) groups is 1. The van der Waals surface area contributed by atoms with Gasteiger partial charge in [-0.15, -0.1) is 11.3 Å². The monoisotopic (exact) mass is 504 g/mol. The van der Waals surface area contributed by atoms with Gasteiger partial charge in [-0.2, -0.15) is 13.2 Å². The van der Waals surface area contributed by atoms with E-state index in [9.17, 15) is 18.0 Å². The van der Waals surface area contributed by atoms with Gasteiger partial charge in [0.1, 0.15) is 22.4 Å². The maximum absolute atomic E-state index is 13.1. The summed E-state index contributed by atoms with van der Waals surface area (Å²) in [6, 6.07) is 7.33. The van der Waals surface area contributed by atoms with Gasteiger partial charge in [0.25, 0.3) is 0 Å². The molecule has 0 spiro atoms. The summed E-state index contributed by atoms with van der Waals surface area (Å²) in [7, 11) is 0. The van der Waals surface area contributed by atoms with E-state index in [2.05, 4.69) is 24.8 Å². The first kappa shape index (κ1) is 23.9. The van der Waals surface area contributed by atoms with Gasteiger partial charge in [0.15, 0.2) is 0 Å². The van der Waals surface area contributed by atoms with Crippen LogP contribution in [-0.4, -0.2) is 58.0 Å². The van der Waals surface area contributed by atoms with Crippen molar-refractivity contribution < 1.29 is 18.0 Å². The van der Waals surface area contributed by atoms with Crippen molar-refractivity contribution in [3.8, 4) is 0 Å². The fourth-order valence-corrected chi connectivity index (χ4v) is 6.16. The summed E-state index contributed by atoms with van der Waals surface area (Å²) in [6.07, 6.45) is 2.52. The Balaban J connectivity index is 1.36. The molecule has 186 valence electrons. The zero-order valence-electron chi connectivity index (χ0n) is 19.2. The Bertz CT molecular complexity index is 1200. The Morgan fingerprint density at radius 3 is 2.49 bits per heavy atom. The van der Waals surface area contributed by atoms with Gasteiger partial charge in [-0.3, -0.25) is 4.79 Å². The van der Waals surface area contributed by atoms with E-state index < -0.39 is 23.7 Å². The first-order chi connectivity index (χ1) is 16.8. The Morgan fingerprint density at radius 2 is 1.80 bits per heavy atom. The minimum absolute atomic E-state index is 0.285. The summed E-state index contributed by atoms with van der Waals surface area (Å²) in [6.45, 7) is 4.36. The van der Waals surface area contributed by atoms with Gasteiger partial charge in [0, 0.05) is 31.0 Å². The lowest BCUT2D eigenvalue weighted by molar-refractivity contribution is -0.141. The van der Waals surface area contributed by atoms with Crippen LogP contribution in [0, 0.1) is 0 Å². The molecule has 1 unspecified atom stereocenters. The molecule has 2 N–H and O–H groups in total. The summed E-state index contributed by atoms with van der Waals surface area (Å²) >= 11 is 1.24. The highest BCUT2D eigenvalue weighted by atomic mass is 32.1. The average Bonchev–Trinajstić information content (AvgIpc) is 3.27. The van der Waals surface area contributed by atoms with Crippen LogP contribution in [0.5, 0.6) is 0 Å². The van der Waals surface area contributed by atoms with Crippen molar-refractivity contribution in [3.05, 3.63) is 47.0 Å². The molecule has 1 amide bonds. The standard InChI is InChI=1S/C24H27F3N6OS/c25-24(26,27)19-6-9-29-22(31-19)20(21(28)34)23-30-17-5-4-16(14-18(17)35-23)33-12-7-15(8-13-33)32-10-2-1-3-11-32/h4-6,9,14-15,20H,1-3,7-8,10-13H2,(H2,28,34). The number of fused-ring (bicyclic) bond motifs is 1. The van der Waals surface area contributed by atoms with Crippen molar-refractivity contribution in [1.82, 2.24) is 19.9 Å². The van der Waals surface area contributed by atoms with Gasteiger partial charge in [0.2, 0.25) is 5.91 Å². The van der Waals surface area contributed by atoms with E-state index in [0.29, 0.717) is 11.6 Å². The van der Waals surface area contributed by atoms with Crippen molar-refractivity contribution in [1.29, 1.82) is 0 Å². The molecule has 2 aliphatic rings. The number of likely N-dealkylation sites (tertiary alicyclic amines) is 1. The van der Waals surface area contributed by atoms with Gasteiger partial charge in [-0.25, -0.2) is 15.0 Å². The second-order valence-corrected chi connectivity index (χ2v) is 10.2. The van der Waals surface area contributed by atoms with Gasteiger partial charge in [0.05, 0.1) is 10.2 Å². The average molecular weight is 505 g/mol. The number of hydrogen-bond donors (Lipinski definition) is 1. The highest BCUT2D eigenvalue weighted by Gasteiger charge is 2.35. The molecule has 0 radical (unpaired) electrons. The number of benzene rings is 1. The van der Waals surface area contributed by atoms with Crippen molar-refractivity contribution in [2.24, 2.45) is 5.73 Å². The SMILES string of the molecule is NC(=O)C(c1nccc(C(F)(F)F)n1)c1nc2ccc(N3CCC(N4CCCCC4)CC3)cc2s1. The molecular weight excluding hydrogens is 477 g/mol. The molecule has 2 fully saturated rings. The van der Waals surface area contributed by atoms with Crippen molar-refractivity contribution in [2.75, 3.05) is 31.1 Å². The third kappa shape index (κ3) is 5.11. The maximum Gasteiger partial charge on any atom is 0.433 e. The highest BCUT2D eigenvalue weighted by molar-refractivity contribution is 7.18. The third-order valence-corrected chi connectivity index (χ3v) is 7.96. The number of primary amides is 1. The molecule has 2 aromatic heterocycles. The maximum atomic E-state index is 13.1. The van der Waals surface area contributed by atoms with Crippen molar-refractivity contribution in [3.63, 3.8) is 0 Å². The quantitative estimate of drug-likeness (QED) is 0.561. The number of carbonyl (C=O) groups excluding carboxylic acids is 1. The normalized spacial score (nSPS) is 19.2. The molecule has 2 aliphatic heterocycles. The number of halogens is 3. The number of amides is 1. The fourth-order valence-electron chi connectivity index (χ4n) is 5.05. The lowest BCUT2D eigenvalue weighted by atomic mass is 9.99. The number of piperidine rings is 2. The van der Waals surface area contributed by atoms with Gasteiger partial charge in [-0.1, -0.05) is 6.42 Å². The first-order valence-corrected chi connectivity index (χ1v) is 12.7. The van der Waals surface area contributed by atoms with Crippen LogP contribution < -0.4 is 10.6 Å². The molecule has 3 aromatic rings. The Morgan fingerprint density at radius 1 is 1.06 bits per heavy atom. The number of thiazole rings is 1. The number of nitrogens with two attached hydrogens (primary N) is 1. The van der Waals surface area contributed by atoms with Crippen molar-refractivity contribution in [2.45, 2.75) is 50.2 Å². The van der Waals surface area contributed by atoms with E-state index in [-0.39, 0.29) is 10.8 Å². The number of alkyl halides is 3. The van der Waals surface area contributed by atoms with Gasteiger partial charge in [-0.05, 0) is 63.0 Å². The Hall–Kier alpha value is -2.79. The lowest BCUT2D eigenvalue weighted by Gasteiger charge is -2.41. The molecule has 5 rings (SSSR count). The van der Waals surface area contributed by atoms with E-state index in [0.717, 1.165) is 48.6 Å². The molecule has 0 saturated carbocycles. The molecule has 1 atom stereocenters. The number of rotatable bonds is 5. The van der Waals surface area contributed by atoms with Crippen LogP contribution in [0.15, 0.2) is 30.5 Å². The molecule has 1 aromatic carbocycles. The number of anilines is 1. The molecular formula is C24H27F3N6OS. The molecule has 11 heteroatoms. The smallest absolute Gasteiger partial charge is 0.371 e. The number of nitrogens with zero attached hydrogens (tertiary/aromatic N) is 5. The number of hydrogen-bond acceptors (Lipinski definition) is 7. The van der Waals surface area contributed by atoms with Crippen LogP contribution in [0.3, 0.4) is 0 Å². The summed E-state index contributed by atoms with van der Waals surface area (Å²) in [5, 5.41) is 0.285. The van der Waals surface area contributed by atoms with E-state index >= 15 is 0 Å². The molecule has 0 aliphatic carbocycles. The van der Waals surface area contributed by atoms with Crippen LogP contribution in [0.1, 0.15) is 54.5 Å². The van der Waals surface area contributed by atoms with Gasteiger partial charge < -0.3 is 15.5 Å².